The summed E-state index contributed by atoms with van der Waals surface area (Å²) >= 11 is 0. The fourth-order valence-corrected chi connectivity index (χ4v) is 2.23. The number of nitriles is 1. The highest BCUT2D eigenvalue weighted by Gasteiger charge is 2.22. The first kappa shape index (κ1) is 18.1. The monoisotopic (exact) mass is 338 g/mol. The number of rotatable bonds is 8. The third-order valence-corrected chi connectivity index (χ3v) is 3.57. The van der Waals surface area contributed by atoms with Crippen molar-refractivity contribution in [3.63, 3.8) is 0 Å². The Bertz CT molecular complexity index is 813. The summed E-state index contributed by atoms with van der Waals surface area (Å²) in [6.07, 6.45) is 3.34. The van der Waals surface area contributed by atoms with Crippen LogP contribution in [-0.2, 0) is 16.0 Å². The molecular formula is C19H18N2O4. The predicted molar refractivity (Wildman–Crippen MR) is 90.8 cm³/mol. The zero-order valence-corrected chi connectivity index (χ0v) is 13.9. The summed E-state index contributed by atoms with van der Waals surface area (Å²) < 4.78 is 10.4. The average molecular weight is 338 g/mol. The van der Waals surface area contributed by atoms with Crippen LogP contribution in [0.1, 0.15) is 41.2 Å². The predicted octanol–water partition coefficient (Wildman–Crippen LogP) is 3.47. The first-order valence-corrected chi connectivity index (χ1v) is 7.80. The van der Waals surface area contributed by atoms with E-state index in [1.54, 1.807) is 30.3 Å². The number of oxazole rings is 1. The molecule has 2 rings (SSSR count). The number of ketones is 1. The minimum Gasteiger partial charge on any atom is -0.464 e. The number of Topliss-reactive ketones (excluding diaryl/α,β-unsaturated/α-hetero) is 1. The summed E-state index contributed by atoms with van der Waals surface area (Å²) in [6.45, 7) is 3.59. The molecular weight excluding hydrogens is 320 g/mol. The van der Waals surface area contributed by atoms with Crippen LogP contribution >= 0.6 is 0 Å². The number of aryl methyl sites for hydroxylation is 1. The molecule has 1 aromatic carbocycles. The van der Waals surface area contributed by atoms with Gasteiger partial charge in [0, 0.05) is 24.8 Å². The van der Waals surface area contributed by atoms with E-state index in [1.807, 2.05) is 6.07 Å². The van der Waals surface area contributed by atoms with Crippen LogP contribution in [-0.4, -0.2) is 23.8 Å². The number of carbonyl (C=O) groups is 2. The van der Waals surface area contributed by atoms with E-state index in [4.69, 9.17) is 14.4 Å². The Morgan fingerprint density at radius 2 is 2.04 bits per heavy atom. The number of benzene rings is 1. The van der Waals surface area contributed by atoms with E-state index in [2.05, 4.69) is 11.6 Å². The molecule has 0 N–H and O–H groups in total. The van der Waals surface area contributed by atoms with Crippen LogP contribution in [0.25, 0.3) is 11.3 Å². The van der Waals surface area contributed by atoms with Crippen molar-refractivity contribution >= 4 is 11.8 Å². The summed E-state index contributed by atoms with van der Waals surface area (Å²) in [4.78, 5) is 27.9. The minimum atomic E-state index is -0.618. The van der Waals surface area contributed by atoms with Gasteiger partial charge in [-0.05, 0) is 30.7 Å². The molecule has 0 bridgehead atoms. The van der Waals surface area contributed by atoms with Crippen molar-refractivity contribution in [3.8, 4) is 17.4 Å². The molecule has 6 nitrogen and oxygen atoms in total. The molecule has 0 saturated heterocycles. The summed E-state index contributed by atoms with van der Waals surface area (Å²) in [5.74, 6) is 0.0292. The summed E-state index contributed by atoms with van der Waals surface area (Å²) in [7, 11) is 1.26. The van der Waals surface area contributed by atoms with Crippen LogP contribution in [0.4, 0.5) is 0 Å². The Balaban J connectivity index is 2.24. The van der Waals surface area contributed by atoms with Crippen LogP contribution in [0.3, 0.4) is 0 Å². The quantitative estimate of drug-likeness (QED) is 0.540. The van der Waals surface area contributed by atoms with Crippen LogP contribution in [0.2, 0.25) is 0 Å². The third kappa shape index (κ3) is 4.64. The van der Waals surface area contributed by atoms with Crippen molar-refractivity contribution in [3.05, 3.63) is 54.1 Å². The molecule has 0 unspecified atom stereocenters. The SMILES string of the molecule is C=CCCC(=O)CCc1nc(C(=O)OC)c(-c2ccc(C#N)cc2)o1. The van der Waals surface area contributed by atoms with Crippen LogP contribution < -0.4 is 0 Å². The van der Waals surface area contributed by atoms with Gasteiger partial charge in [0.1, 0.15) is 5.78 Å². The van der Waals surface area contributed by atoms with Crippen molar-refractivity contribution in [1.82, 2.24) is 4.98 Å². The molecule has 1 heterocycles. The number of allylic oxidation sites excluding steroid dienone is 1. The lowest BCUT2D eigenvalue weighted by Crippen LogP contribution is -2.04. The van der Waals surface area contributed by atoms with E-state index in [0.717, 1.165) is 0 Å². The lowest BCUT2D eigenvalue weighted by Gasteiger charge is -2.00. The van der Waals surface area contributed by atoms with Crippen LogP contribution in [0, 0.1) is 11.3 Å². The smallest absolute Gasteiger partial charge is 0.360 e. The molecule has 0 amide bonds. The van der Waals surface area contributed by atoms with Gasteiger partial charge < -0.3 is 9.15 Å². The fraction of sp³-hybridized carbons (Fsp3) is 0.263. The van der Waals surface area contributed by atoms with Crippen molar-refractivity contribution in [1.29, 1.82) is 5.26 Å². The van der Waals surface area contributed by atoms with E-state index in [1.165, 1.54) is 7.11 Å². The van der Waals surface area contributed by atoms with Gasteiger partial charge in [0.25, 0.3) is 0 Å². The summed E-state index contributed by atoms with van der Waals surface area (Å²) in [5, 5.41) is 8.87. The van der Waals surface area contributed by atoms with Gasteiger partial charge in [-0.3, -0.25) is 4.79 Å². The molecule has 0 atom stereocenters. The van der Waals surface area contributed by atoms with Crippen molar-refractivity contribution < 1.29 is 18.7 Å². The highest BCUT2D eigenvalue weighted by atomic mass is 16.5. The van der Waals surface area contributed by atoms with E-state index in [9.17, 15) is 9.59 Å². The largest absolute Gasteiger partial charge is 0.464 e. The first-order valence-electron chi connectivity index (χ1n) is 7.80. The highest BCUT2D eigenvalue weighted by molar-refractivity contribution is 5.93. The Labute approximate surface area is 145 Å². The van der Waals surface area contributed by atoms with Gasteiger partial charge in [0.15, 0.2) is 17.3 Å². The third-order valence-electron chi connectivity index (χ3n) is 3.57. The second kappa shape index (κ2) is 8.60. The molecule has 1 aromatic heterocycles. The van der Waals surface area contributed by atoms with Crippen molar-refractivity contribution in [2.24, 2.45) is 0 Å². The van der Waals surface area contributed by atoms with Gasteiger partial charge in [-0.2, -0.15) is 5.26 Å². The zero-order chi connectivity index (χ0) is 18.2. The number of nitrogens with zero attached hydrogens (tertiary/aromatic N) is 2. The van der Waals surface area contributed by atoms with Gasteiger partial charge in [-0.25, -0.2) is 9.78 Å². The molecule has 0 aliphatic rings. The first-order chi connectivity index (χ1) is 12.1. The molecule has 6 heteroatoms. The molecule has 0 spiro atoms. The minimum absolute atomic E-state index is 0.0562. The number of ether oxygens (including phenoxy) is 1. The topological polar surface area (TPSA) is 93.2 Å². The maximum absolute atomic E-state index is 11.9. The van der Waals surface area contributed by atoms with Crippen molar-refractivity contribution in [2.75, 3.05) is 7.11 Å². The Kier molecular flexibility index (Phi) is 6.24. The second-order valence-corrected chi connectivity index (χ2v) is 5.33. The molecule has 0 radical (unpaired) electrons. The molecule has 0 aliphatic carbocycles. The number of aromatic nitrogens is 1. The van der Waals surface area contributed by atoms with Crippen LogP contribution in [0.15, 0.2) is 41.3 Å². The van der Waals surface area contributed by atoms with E-state index in [-0.39, 0.29) is 23.7 Å². The number of hydrogen-bond donors (Lipinski definition) is 0. The number of hydrogen-bond acceptors (Lipinski definition) is 6. The highest BCUT2D eigenvalue weighted by Crippen LogP contribution is 2.26. The lowest BCUT2D eigenvalue weighted by molar-refractivity contribution is -0.119. The maximum Gasteiger partial charge on any atom is 0.360 e. The zero-order valence-electron chi connectivity index (χ0n) is 13.9. The molecule has 25 heavy (non-hydrogen) atoms. The number of carbonyl (C=O) groups excluding carboxylic acids is 2. The van der Waals surface area contributed by atoms with E-state index >= 15 is 0 Å². The average Bonchev–Trinajstić information content (AvgIpc) is 3.08. The van der Waals surface area contributed by atoms with E-state index in [0.29, 0.717) is 36.3 Å². The van der Waals surface area contributed by atoms with Crippen molar-refractivity contribution in [2.45, 2.75) is 25.7 Å². The molecule has 0 fully saturated rings. The van der Waals surface area contributed by atoms with Gasteiger partial charge >= 0.3 is 5.97 Å². The van der Waals surface area contributed by atoms with Gasteiger partial charge in [-0.15, -0.1) is 6.58 Å². The number of methoxy groups -OCH3 is 1. The molecule has 0 saturated carbocycles. The summed E-state index contributed by atoms with van der Waals surface area (Å²) in [5.41, 5.74) is 1.16. The maximum atomic E-state index is 11.9. The molecule has 128 valence electrons. The molecule has 2 aromatic rings. The van der Waals surface area contributed by atoms with Gasteiger partial charge in [0.2, 0.25) is 0 Å². The molecule has 0 aliphatic heterocycles. The lowest BCUT2D eigenvalue weighted by atomic mass is 10.1. The van der Waals surface area contributed by atoms with Gasteiger partial charge in [0.05, 0.1) is 18.7 Å². The summed E-state index contributed by atoms with van der Waals surface area (Å²) in [6, 6.07) is 8.61. The number of esters is 1. The van der Waals surface area contributed by atoms with E-state index < -0.39 is 5.97 Å². The normalized spacial score (nSPS) is 10.1. The standard InChI is InChI=1S/C19H18N2O4/c1-3-4-5-15(22)10-11-16-21-17(19(23)24-2)18(25-16)14-8-6-13(12-20)7-9-14/h3,6-9H,1,4-5,10-11H2,2H3. The Morgan fingerprint density at radius 3 is 2.64 bits per heavy atom. The van der Waals surface area contributed by atoms with Crippen LogP contribution in [0.5, 0.6) is 0 Å². The Hall–Kier alpha value is -3.20. The fourth-order valence-electron chi connectivity index (χ4n) is 2.23. The van der Waals surface area contributed by atoms with Gasteiger partial charge in [-0.1, -0.05) is 6.08 Å². The second-order valence-electron chi connectivity index (χ2n) is 5.33. The Morgan fingerprint density at radius 1 is 1.32 bits per heavy atom.